The molecule has 0 spiro atoms. The van der Waals surface area contributed by atoms with Gasteiger partial charge in [0.1, 0.15) is 6.04 Å². The highest BCUT2D eigenvalue weighted by atomic mass is 16.5. The van der Waals surface area contributed by atoms with Gasteiger partial charge in [-0.1, -0.05) is 29.8 Å². The molecule has 6 nitrogen and oxygen atoms in total. The Bertz CT molecular complexity index is 686. The summed E-state index contributed by atoms with van der Waals surface area (Å²) in [5.74, 6) is -0.513. The van der Waals surface area contributed by atoms with Gasteiger partial charge in [0.2, 0.25) is 0 Å². The number of rotatable bonds is 2. The maximum atomic E-state index is 12.4. The van der Waals surface area contributed by atoms with Crippen molar-refractivity contribution in [2.45, 2.75) is 25.9 Å². The number of carbonyl (C=O) groups excluding carboxylic acids is 2. The fourth-order valence-electron chi connectivity index (χ4n) is 3.50. The Balaban J connectivity index is 2.08. The Labute approximate surface area is 141 Å². The molecular weight excluding hydrogens is 308 g/mol. The third-order valence-corrected chi connectivity index (χ3v) is 4.53. The first-order chi connectivity index (χ1) is 11.6. The third kappa shape index (κ3) is 2.72. The maximum absolute atomic E-state index is 12.4. The van der Waals surface area contributed by atoms with Crippen molar-refractivity contribution in [3.05, 3.63) is 41.5 Å². The van der Waals surface area contributed by atoms with Gasteiger partial charge in [0.15, 0.2) is 0 Å². The smallest absolute Gasteiger partial charge is 0.410 e. The van der Waals surface area contributed by atoms with E-state index in [1.165, 1.54) is 7.11 Å². The second-order valence-corrected chi connectivity index (χ2v) is 6.04. The van der Waals surface area contributed by atoms with E-state index in [9.17, 15) is 9.59 Å². The van der Waals surface area contributed by atoms with Gasteiger partial charge in [-0.05, 0) is 25.5 Å². The highest BCUT2D eigenvalue weighted by molar-refractivity contribution is 5.83. The molecule has 2 aliphatic rings. The molecule has 0 fully saturated rings. The number of amides is 1. The number of methoxy groups -OCH3 is 1. The minimum absolute atomic E-state index is 0.203. The van der Waals surface area contributed by atoms with Crippen molar-refractivity contribution in [3.63, 3.8) is 0 Å². The SMILES string of the molecule is CCOC(=O)[C@H]1Nc2ccc(C)cc2[C@@H]2[C@H]1C=CCN2C(=O)OC. The van der Waals surface area contributed by atoms with Crippen LogP contribution in [0.25, 0.3) is 0 Å². The highest BCUT2D eigenvalue weighted by Gasteiger charge is 2.45. The molecule has 3 atom stereocenters. The van der Waals surface area contributed by atoms with Gasteiger partial charge in [0.25, 0.3) is 0 Å². The molecule has 1 amide bonds. The van der Waals surface area contributed by atoms with Crippen LogP contribution < -0.4 is 5.32 Å². The molecule has 1 aromatic rings. The van der Waals surface area contributed by atoms with Gasteiger partial charge in [-0.2, -0.15) is 0 Å². The predicted molar refractivity (Wildman–Crippen MR) is 89.7 cm³/mol. The number of anilines is 1. The van der Waals surface area contributed by atoms with Crippen LogP contribution in [0.15, 0.2) is 30.4 Å². The lowest BCUT2D eigenvalue weighted by molar-refractivity contribution is -0.145. The first-order valence-corrected chi connectivity index (χ1v) is 8.11. The number of hydrogen-bond donors (Lipinski definition) is 1. The van der Waals surface area contributed by atoms with E-state index >= 15 is 0 Å². The second kappa shape index (κ2) is 6.55. The molecule has 6 heteroatoms. The summed E-state index contributed by atoms with van der Waals surface area (Å²) in [7, 11) is 1.37. The van der Waals surface area contributed by atoms with Crippen molar-refractivity contribution in [1.29, 1.82) is 0 Å². The van der Waals surface area contributed by atoms with E-state index in [-0.39, 0.29) is 17.9 Å². The zero-order valence-corrected chi connectivity index (χ0v) is 14.1. The molecule has 0 saturated carbocycles. The standard InChI is InChI=1S/C18H22N2O4/c1-4-24-17(21)15-12-6-5-9-20(18(22)23-3)16(12)13-10-11(2)7-8-14(13)19-15/h5-8,10,12,15-16,19H,4,9H2,1-3H3/t12-,15-,16-/m0/s1. The van der Waals surface area contributed by atoms with E-state index in [0.717, 1.165) is 16.8 Å². The zero-order valence-electron chi connectivity index (χ0n) is 14.1. The van der Waals surface area contributed by atoms with E-state index in [4.69, 9.17) is 9.47 Å². The lowest BCUT2D eigenvalue weighted by Gasteiger charge is -2.44. The molecule has 0 aliphatic carbocycles. The summed E-state index contributed by atoms with van der Waals surface area (Å²) in [6, 6.07) is 5.19. The van der Waals surface area contributed by atoms with Crippen LogP contribution in [0, 0.1) is 12.8 Å². The molecule has 0 aromatic heterocycles. The van der Waals surface area contributed by atoms with E-state index in [0.29, 0.717) is 13.2 Å². The van der Waals surface area contributed by atoms with Gasteiger partial charge in [0, 0.05) is 18.2 Å². The van der Waals surface area contributed by atoms with Crippen LogP contribution >= 0.6 is 0 Å². The summed E-state index contributed by atoms with van der Waals surface area (Å²) in [4.78, 5) is 26.3. The number of fused-ring (bicyclic) bond motifs is 3. The monoisotopic (exact) mass is 330 g/mol. The van der Waals surface area contributed by atoms with Gasteiger partial charge >= 0.3 is 12.1 Å². The van der Waals surface area contributed by atoms with E-state index in [1.54, 1.807) is 11.8 Å². The average Bonchev–Trinajstić information content (AvgIpc) is 2.60. The van der Waals surface area contributed by atoms with Gasteiger partial charge < -0.3 is 14.8 Å². The summed E-state index contributed by atoms with van der Waals surface area (Å²) in [6.45, 7) is 4.57. The Hall–Kier alpha value is -2.50. The molecule has 0 unspecified atom stereocenters. The van der Waals surface area contributed by atoms with E-state index in [2.05, 4.69) is 11.4 Å². The van der Waals surface area contributed by atoms with Crippen LogP contribution in [0.1, 0.15) is 24.1 Å². The topological polar surface area (TPSA) is 67.9 Å². The molecule has 2 heterocycles. The molecular formula is C18H22N2O4. The lowest BCUT2D eigenvalue weighted by Crippen LogP contribution is -2.51. The maximum Gasteiger partial charge on any atom is 0.410 e. The Morgan fingerprint density at radius 2 is 2.17 bits per heavy atom. The summed E-state index contributed by atoms with van der Waals surface area (Å²) in [5.41, 5.74) is 2.95. The van der Waals surface area contributed by atoms with Gasteiger partial charge in [-0.3, -0.25) is 4.90 Å². The molecule has 1 N–H and O–H groups in total. The summed E-state index contributed by atoms with van der Waals surface area (Å²) in [6.07, 6.45) is 3.49. The Morgan fingerprint density at radius 3 is 2.88 bits per heavy atom. The first-order valence-electron chi connectivity index (χ1n) is 8.11. The predicted octanol–water partition coefficient (Wildman–Crippen LogP) is 2.65. The third-order valence-electron chi connectivity index (χ3n) is 4.53. The fraction of sp³-hybridized carbons (Fsp3) is 0.444. The summed E-state index contributed by atoms with van der Waals surface area (Å²) < 4.78 is 10.2. The van der Waals surface area contributed by atoms with Crippen LogP contribution in [0.3, 0.4) is 0 Å². The molecule has 128 valence electrons. The van der Waals surface area contributed by atoms with Crippen molar-refractivity contribution in [2.75, 3.05) is 25.6 Å². The van der Waals surface area contributed by atoms with Crippen LogP contribution in [-0.2, 0) is 14.3 Å². The van der Waals surface area contributed by atoms with Crippen molar-refractivity contribution in [3.8, 4) is 0 Å². The summed E-state index contributed by atoms with van der Waals surface area (Å²) in [5, 5.41) is 3.28. The minimum Gasteiger partial charge on any atom is -0.464 e. The molecule has 2 aliphatic heterocycles. The first kappa shape index (κ1) is 16.4. The molecule has 0 bridgehead atoms. The Kier molecular flexibility index (Phi) is 4.46. The molecule has 24 heavy (non-hydrogen) atoms. The number of hydrogen-bond acceptors (Lipinski definition) is 5. The van der Waals surface area contributed by atoms with E-state index < -0.39 is 12.1 Å². The lowest BCUT2D eigenvalue weighted by atomic mass is 9.79. The molecule has 3 rings (SSSR count). The van der Waals surface area contributed by atoms with Crippen LogP contribution in [0.2, 0.25) is 0 Å². The largest absolute Gasteiger partial charge is 0.464 e. The summed E-state index contributed by atoms with van der Waals surface area (Å²) >= 11 is 0. The average molecular weight is 330 g/mol. The number of benzene rings is 1. The van der Waals surface area contributed by atoms with Crippen molar-refractivity contribution >= 4 is 17.7 Å². The molecule has 0 saturated heterocycles. The van der Waals surface area contributed by atoms with Crippen molar-refractivity contribution in [2.24, 2.45) is 5.92 Å². The number of nitrogens with zero attached hydrogens (tertiary/aromatic N) is 1. The Morgan fingerprint density at radius 1 is 1.38 bits per heavy atom. The number of aryl methyl sites for hydroxylation is 1. The van der Waals surface area contributed by atoms with Crippen molar-refractivity contribution < 1.29 is 19.1 Å². The van der Waals surface area contributed by atoms with Gasteiger partial charge in [-0.15, -0.1) is 0 Å². The normalized spacial score (nSPS) is 24.5. The van der Waals surface area contributed by atoms with Gasteiger partial charge in [-0.25, -0.2) is 9.59 Å². The fourth-order valence-corrected chi connectivity index (χ4v) is 3.50. The highest BCUT2D eigenvalue weighted by Crippen LogP contribution is 2.44. The number of nitrogens with one attached hydrogen (secondary N) is 1. The van der Waals surface area contributed by atoms with Crippen molar-refractivity contribution in [1.82, 2.24) is 4.90 Å². The number of carbonyl (C=O) groups is 2. The quantitative estimate of drug-likeness (QED) is 0.667. The second-order valence-electron chi connectivity index (χ2n) is 6.04. The van der Waals surface area contributed by atoms with Crippen LogP contribution in [-0.4, -0.2) is 43.3 Å². The van der Waals surface area contributed by atoms with Crippen LogP contribution in [0.5, 0.6) is 0 Å². The number of ether oxygens (including phenoxy) is 2. The van der Waals surface area contributed by atoms with Crippen LogP contribution in [0.4, 0.5) is 10.5 Å². The minimum atomic E-state index is -0.533. The van der Waals surface area contributed by atoms with Gasteiger partial charge in [0.05, 0.1) is 19.8 Å². The molecule has 1 aromatic carbocycles. The molecule has 0 radical (unpaired) electrons. The zero-order chi connectivity index (χ0) is 17.3. The number of esters is 1. The van der Waals surface area contributed by atoms with E-state index in [1.807, 2.05) is 31.2 Å².